The lowest BCUT2D eigenvalue weighted by atomic mass is 10.2. The molecule has 0 aliphatic heterocycles. The number of imidazole rings is 1. The van der Waals surface area contributed by atoms with Crippen molar-refractivity contribution in [2.75, 3.05) is 12.4 Å². The van der Waals surface area contributed by atoms with E-state index in [0.717, 1.165) is 10.8 Å². The summed E-state index contributed by atoms with van der Waals surface area (Å²) in [5, 5.41) is 17.4. The first kappa shape index (κ1) is 20.8. The summed E-state index contributed by atoms with van der Waals surface area (Å²) in [5.74, 6) is -2.01. The number of hydrogen-bond donors (Lipinski definition) is 2. The van der Waals surface area contributed by atoms with Crippen molar-refractivity contribution < 1.29 is 22.9 Å². The Kier molecular flexibility index (Phi) is 5.67. The molecule has 3 aromatic rings. The summed E-state index contributed by atoms with van der Waals surface area (Å²) < 4.78 is 40.6. The van der Waals surface area contributed by atoms with Gasteiger partial charge in [-0.1, -0.05) is 18.2 Å². The van der Waals surface area contributed by atoms with Gasteiger partial charge in [0.25, 0.3) is 11.6 Å². The molecular formula is C18H15F3N6O3. The number of halogens is 3. The van der Waals surface area contributed by atoms with E-state index >= 15 is 0 Å². The molecular weight excluding hydrogens is 405 g/mol. The van der Waals surface area contributed by atoms with Crippen LogP contribution in [-0.4, -0.2) is 33.6 Å². The number of para-hydroxylation sites is 2. The van der Waals surface area contributed by atoms with Gasteiger partial charge in [-0.3, -0.25) is 14.9 Å². The van der Waals surface area contributed by atoms with Crippen molar-refractivity contribution in [2.45, 2.75) is 12.7 Å². The number of hydrazone groups is 1. The molecule has 2 aromatic carbocycles. The molecule has 0 atom stereocenters. The van der Waals surface area contributed by atoms with E-state index in [0.29, 0.717) is 11.3 Å². The molecule has 0 saturated heterocycles. The van der Waals surface area contributed by atoms with E-state index in [1.165, 1.54) is 37.4 Å². The van der Waals surface area contributed by atoms with Crippen LogP contribution in [0.15, 0.2) is 47.6 Å². The van der Waals surface area contributed by atoms with Crippen molar-refractivity contribution in [3.8, 4) is 0 Å². The number of benzene rings is 2. The minimum atomic E-state index is -4.74. The lowest BCUT2D eigenvalue weighted by molar-refractivity contribution is -0.383. The lowest BCUT2D eigenvalue weighted by Crippen LogP contribution is -2.26. The molecule has 0 unspecified atom stereocenters. The topological polar surface area (TPSA) is 114 Å². The molecule has 1 heterocycles. The zero-order chi connectivity index (χ0) is 21.9. The molecule has 0 aliphatic carbocycles. The summed E-state index contributed by atoms with van der Waals surface area (Å²) in [6, 6.07) is 10.2. The number of rotatable bonds is 6. The Morgan fingerprint density at radius 3 is 2.70 bits per heavy atom. The monoisotopic (exact) mass is 420 g/mol. The largest absolute Gasteiger partial charge is 0.449 e. The maximum absolute atomic E-state index is 13.3. The van der Waals surface area contributed by atoms with Gasteiger partial charge in [-0.05, 0) is 18.2 Å². The van der Waals surface area contributed by atoms with Crippen LogP contribution in [0.25, 0.3) is 11.0 Å². The molecule has 0 spiro atoms. The predicted octanol–water partition coefficient (Wildman–Crippen LogP) is 3.16. The van der Waals surface area contributed by atoms with Crippen LogP contribution < -0.4 is 10.7 Å². The van der Waals surface area contributed by atoms with Crippen LogP contribution in [0.3, 0.4) is 0 Å². The molecule has 156 valence electrons. The highest BCUT2D eigenvalue weighted by atomic mass is 19.4. The third-order valence-electron chi connectivity index (χ3n) is 4.10. The van der Waals surface area contributed by atoms with Gasteiger partial charge in [0.1, 0.15) is 12.2 Å². The highest BCUT2D eigenvalue weighted by Gasteiger charge is 2.37. The van der Waals surface area contributed by atoms with E-state index in [1.807, 2.05) is 0 Å². The fraction of sp³-hybridized carbons (Fsp3) is 0.167. The highest BCUT2D eigenvalue weighted by molar-refractivity contribution is 5.85. The molecule has 3 rings (SSSR count). The number of fused-ring (bicyclic) bond motifs is 1. The maximum atomic E-state index is 13.3. The second-order valence-electron chi connectivity index (χ2n) is 6.08. The molecule has 2 N–H and O–H groups in total. The second-order valence-corrected chi connectivity index (χ2v) is 6.08. The number of nitro groups is 1. The number of hydrogen-bond acceptors (Lipinski definition) is 6. The van der Waals surface area contributed by atoms with E-state index in [2.05, 4.69) is 20.8 Å². The van der Waals surface area contributed by atoms with Crippen molar-refractivity contribution in [2.24, 2.45) is 5.10 Å². The minimum absolute atomic E-state index is 0.109. The van der Waals surface area contributed by atoms with Crippen LogP contribution in [0.5, 0.6) is 0 Å². The first-order valence-electron chi connectivity index (χ1n) is 8.51. The molecule has 0 saturated carbocycles. The number of nitrogens with one attached hydrogen (secondary N) is 2. The number of alkyl halides is 3. The summed E-state index contributed by atoms with van der Waals surface area (Å²) in [7, 11) is 1.53. The third-order valence-corrected chi connectivity index (χ3v) is 4.10. The van der Waals surface area contributed by atoms with Gasteiger partial charge in [0, 0.05) is 18.7 Å². The summed E-state index contributed by atoms with van der Waals surface area (Å²) >= 11 is 0. The Morgan fingerprint density at radius 1 is 1.30 bits per heavy atom. The zero-order valence-corrected chi connectivity index (χ0v) is 15.5. The summed E-state index contributed by atoms with van der Waals surface area (Å²) in [6.07, 6.45) is -3.59. The van der Waals surface area contributed by atoms with Crippen molar-refractivity contribution in [3.63, 3.8) is 0 Å². The van der Waals surface area contributed by atoms with Gasteiger partial charge in [-0.2, -0.15) is 18.3 Å². The smallest absolute Gasteiger partial charge is 0.383 e. The van der Waals surface area contributed by atoms with Crippen molar-refractivity contribution in [1.29, 1.82) is 0 Å². The molecule has 0 radical (unpaired) electrons. The molecule has 1 aromatic heterocycles. The summed E-state index contributed by atoms with van der Waals surface area (Å²) in [5.41, 5.74) is 2.82. The van der Waals surface area contributed by atoms with Crippen LogP contribution in [0.4, 0.5) is 24.5 Å². The van der Waals surface area contributed by atoms with Gasteiger partial charge < -0.3 is 9.88 Å². The molecule has 0 fully saturated rings. The first-order chi connectivity index (χ1) is 14.2. The van der Waals surface area contributed by atoms with E-state index in [1.54, 1.807) is 12.1 Å². The Labute approximate surface area is 167 Å². The second kappa shape index (κ2) is 8.19. The summed E-state index contributed by atoms with van der Waals surface area (Å²) in [4.78, 5) is 26.2. The fourth-order valence-corrected chi connectivity index (χ4v) is 2.80. The van der Waals surface area contributed by atoms with Crippen molar-refractivity contribution in [1.82, 2.24) is 15.0 Å². The zero-order valence-electron chi connectivity index (χ0n) is 15.5. The van der Waals surface area contributed by atoms with Crippen LogP contribution in [-0.2, 0) is 17.5 Å². The number of aromatic nitrogens is 2. The van der Waals surface area contributed by atoms with Crippen molar-refractivity contribution >= 4 is 34.5 Å². The van der Waals surface area contributed by atoms with Crippen LogP contribution >= 0.6 is 0 Å². The van der Waals surface area contributed by atoms with Gasteiger partial charge in [0.05, 0.1) is 22.2 Å². The third kappa shape index (κ3) is 4.37. The first-order valence-corrected chi connectivity index (χ1v) is 8.51. The Balaban J connectivity index is 1.77. The van der Waals surface area contributed by atoms with Gasteiger partial charge in [0.2, 0.25) is 5.82 Å². The number of nitrogens with zero attached hydrogens (tertiary/aromatic N) is 4. The van der Waals surface area contributed by atoms with E-state index < -0.39 is 29.4 Å². The standard InChI is InChI=1S/C18H15F3N6O3/c1-22-12-7-6-11(8-15(12)27(29)30)9-23-25-16(28)10-26-14-5-3-2-4-13(14)24-17(26)18(19,20)21/h2-9,22H,10H2,1H3,(H,25,28). The van der Waals surface area contributed by atoms with Gasteiger partial charge >= 0.3 is 6.18 Å². The Hall–Kier alpha value is -3.96. The van der Waals surface area contributed by atoms with Gasteiger partial charge in [0.15, 0.2) is 0 Å². The number of carbonyl (C=O) groups excluding carboxylic acids is 1. The number of nitro benzene ring substituents is 1. The summed E-state index contributed by atoms with van der Waals surface area (Å²) in [6.45, 7) is -0.661. The van der Waals surface area contributed by atoms with E-state index in [9.17, 15) is 28.1 Å². The normalized spacial score (nSPS) is 11.7. The highest BCUT2D eigenvalue weighted by Crippen LogP contribution is 2.31. The molecule has 0 bridgehead atoms. The molecule has 12 heteroatoms. The average Bonchev–Trinajstić information content (AvgIpc) is 3.07. The maximum Gasteiger partial charge on any atom is 0.449 e. The van der Waals surface area contributed by atoms with Crippen LogP contribution in [0.1, 0.15) is 11.4 Å². The Morgan fingerprint density at radius 2 is 2.03 bits per heavy atom. The minimum Gasteiger partial charge on any atom is -0.383 e. The number of anilines is 1. The Bertz CT molecular complexity index is 1140. The molecule has 1 amide bonds. The van der Waals surface area contributed by atoms with Crippen molar-refractivity contribution in [3.05, 3.63) is 64.0 Å². The van der Waals surface area contributed by atoms with E-state index in [-0.39, 0.29) is 16.7 Å². The SMILES string of the molecule is CNc1ccc(C=NNC(=O)Cn2c(C(F)(F)F)nc3ccccc32)cc1[N+](=O)[O-]. The predicted molar refractivity (Wildman–Crippen MR) is 103 cm³/mol. The van der Waals surface area contributed by atoms with Crippen LogP contribution in [0.2, 0.25) is 0 Å². The number of carbonyl (C=O) groups is 1. The molecule has 9 nitrogen and oxygen atoms in total. The molecule has 0 aliphatic rings. The average molecular weight is 420 g/mol. The van der Waals surface area contributed by atoms with Gasteiger partial charge in [-0.25, -0.2) is 10.4 Å². The fourth-order valence-electron chi connectivity index (χ4n) is 2.80. The van der Waals surface area contributed by atoms with E-state index in [4.69, 9.17) is 0 Å². The molecule has 30 heavy (non-hydrogen) atoms. The van der Waals surface area contributed by atoms with Crippen LogP contribution in [0, 0.1) is 10.1 Å². The van der Waals surface area contributed by atoms with Gasteiger partial charge in [-0.15, -0.1) is 0 Å². The number of amides is 1. The quantitative estimate of drug-likeness (QED) is 0.361. The lowest BCUT2D eigenvalue weighted by Gasteiger charge is -2.10.